The Balaban J connectivity index is 1.38. The van der Waals surface area contributed by atoms with Gasteiger partial charge in [-0.1, -0.05) is 5.16 Å². The number of nitrogens with one attached hydrogen (secondary N) is 1. The second-order valence-electron chi connectivity index (χ2n) is 8.30. The highest BCUT2D eigenvalue weighted by Crippen LogP contribution is 2.30. The molecule has 170 valence electrons. The molecule has 0 saturated carbocycles. The van der Waals surface area contributed by atoms with Crippen LogP contribution in [0.5, 0.6) is 0 Å². The van der Waals surface area contributed by atoms with Crippen LogP contribution in [0, 0.1) is 19.8 Å². The van der Waals surface area contributed by atoms with Crippen molar-refractivity contribution in [2.45, 2.75) is 32.7 Å². The number of furan rings is 1. The van der Waals surface area contributed by atoms with Gasteiger partial charge in [-0.15, -0.1) is 0 Å². The smallest absolute Gasteiger partial charge is 0.263 e. The van der Waals surface area contributed by atoms with E-state index in [1.807, 2.05) is 38.1 Å². The van der Waals surface area contributed by atoms with Crippen molar-refractivity contribution in [2.75, 3.05) is 38.6 Å². The first-order chi connectivity index (χ1) is 15.4. The highest BCUT2D eigenvalue weighted by atomic mass is 16.5. The van der Waals surface area contributed by atoms with E-state index in [-0.39, 0.29) is 17.9 Å². The second kappa shape index (κ2) is 9.47. The Bertz CT molecular complexity index is 1040. The molecule has 1 aliphatic heterocycles. The van der Waals surface area contributed by atoms with Gasteiger partial charge in [0.2, 0.25) is 5.91 Å². The Morgan fingerprint density at radius 1 is 1.25 bits per heavy atom. The van der Waals surface area contributed by atoms with E-state index in [4.69, 9.17) is 8.94 Å². The zero-order valence-corrected chi connectivity index (χ0v) is 18.9. The molecule has 4 rings (SSSR count). The van der Waals surface area contributed by atoms with Gasteiger partial charge in [0.25, 0.3) is 5.89 Å². The molecular formula is C22H29N7O3. The number of aromatic nitrogens is 4. The molecule has 0 spiro atoms. The summed E-state index contributed by atoms with van der Waals surface area (Å²) in [6.07, 6.45) is 4.86. The molecule has 0 radical (unpaired) electrons. The topological polar surface area (TPSA) is 113 Å². The van der Waals surface area contributed by atoms with Gasteiger partial charge in [0.15, 0.2) is 5.82 Å². The van der Waals surface area contributed by atoms with Crippen LogP contribution < -0.4 is 10.2 Å². The molecule has 1 aliphatic rings. The van der Waals surface area contributed by atoms with Crippen molar-refractivity contribution in [1.82, 2.24) is 30.3 Å². The van der Waals surface area contributed by atoms with Gasteiger partial charge in [0, 0.05) is 31.7 Å². The van der Waals surface area contributed by atoms with Gasteiger partial charge < -0.3 is 19.2 Å². The van der Waals surface area contributed by atoms with E-state index in [0.29, 0.717) is 42.7 Å². The average molecular weight is 440 g/mol. The van der Waals surface area contributed by atoms with Crippen molar-refractivity contribution in [1.29, 1.82) is 0 Å². The fraction of sp³-hybridized carbons (Fsp3) is 0.500. The van der Waals surface area contributed by atoms with Crippen molar-refractivity contribution in [2.24, 2.45) is 5.92 Å². The number of hydrogen-bond acceptors (Lipinski definition) is 9. The maximum absolute atomic E-state index is 12.8. The van der Waals surface area contributed by atoms with Crippen LogP contribution in [0.3, 0.4) is 0 Å². The van der Waals surface area contributed by atoms with Crippen LogP contribution in [0.15, 0.2) is 33.5 Å². The van der Waals surface area contributed by atoms with Gasteiger partial charge in [0.05, 0.1) is 12.3 Å². The number of anilines is 1. The number of carbonyl (C=O) groups excluding carboxylic acids is 1. The summed E-state index contributed by atoms with van der Waals surface area (Å²) in [7, 11) is 3.95. The molecular weight excluding hydrogens is 410 g/mol. The fourth-order valence-electron chi connectivity index (χ4n) is 3.97. The van der Waals surface area contributed by atoms with Crippen molar-refractivity contribution >= 4 is 11.7 Å². The van der Waals surface area contributed by atoms with Gasteiger partial charge in [-0.3, -0.25) is 9.69 Å². The lowest BCUT2D eigenvalue weighted by Crippen LogP contribution is -2.43. The minimum absolute atomic E-state index is 0.00143. The predicted molar refractivity (Wildman–Crippen MR) is 118 cm³/mol. The summed E-state index contributed by atoms with van der Waals surface area (Å²) >= 11 is 0. The van der Waals surface area contributed by atoms with Crippen LogP contribution in [-0.2, 0) is 4.79 Å². The highest BCUT2D eigenvalue weighted by Gasteiger charge is 2.29. The number of carbonyl (C=O) groups is 1. The first-order valence-electron chi connectivity index (χ1n) is 10.8. The molecule has 1 saturated heterocycles. The summed E-state index contributed by atoms with van der Waals surface area (Å²) in [6, 6.07) is 3.79. The summed E-state index contributed by atoms with van der Waals surface area (Å²) in [5, 5.41) is 6.99. The third-order valence-corrected chi connectivity index (χ3v) is 5.78. The first kappa shape index (κ1) is 21.9. The van der Waals surface area contributed by atoms with E-state index in [1.54, 1.807) is 19.4 Å². The normalized spacial score (nSPS) is 15.8. The lowest BCUT2D eigenvalue weighted by atomic mass is 9.95. The molecule has 1 unspecified atom stereocenters. The third-order valence-electron chi connectivity index (χ3n) is 5.78. The molecule has 1 N–H and O–H groups in total. The van der Waals surface area contributed by atoms with E-state index < -0.39 is 0 Å². The monoisotopic (exact) mass is 439 g/mol. The van der Waals surface area contributed by atoms with Crippen LogP contribution in [0.4, 0.5) is 5.82 Å². The number of amides is 1. The Labute approximate surface area is 187 Å². The largest absolute Gasteiger partial charge is 0.468 e. The Morgan fingerprint density at radius 3 is 2.66 bits per heavy atom. The van der Waals surface area contributed by atoms with E-state index in [9.17, 15) is 4.79 Å². The molecule has 3 aromatic rings. The third kappa shape index (κ3) is 4.80. The number of rotatable bonds is 7. The van der Waals surface area contributed by atoms with Gasteiger partial charge >= 0.3 is 0 Å². The quantitative estimate of drug-likeness (QED) is 0.592. The number of nitrogens with zero attached hydrogens (tertiary/aromatic N) is 6. The Morgan fingerprint density at radius 2 is 2.03 bits per heavy atom. The van der Waals surface area contributed by atoms with Crippen molar-refractivity contribution in [3.8, 4) is 11.5 Å². The summed E-state index contributed by atoms with van der Waals surface area (Å²) in [5.74, 6) is 3.29. The molecule has 1 atom stereocenters. The molecule has 4 heterocycles. The van der Waals surface area contributed by atoms with E-state index in [1.165, 1.54) is 0 Å². The predicted octanol–water partition coefficient (Wildman–Crippen LogP) is 2.37. The maximum Gasteiger partial charge on any atom is 0.263 e. The first-order valence-corrected chi connectivity index (χ1v) is 10.8. The van der Waals surface area contributed by atoms with E-state index >= 15 is 0 Å². The minimum Gasteiger partial charge on any atom is -0.468 e. The van der Waals surface area contributed by atoms with Crippen LogP contribution in [-0.4, -0.2) is 64.6 Å². The van der Waals surface area contributed by atoms with Gasteiger partial charge in [-0.2, -0.15) is 4.98 Å². The van der Waals surface area contributed by atoms with Crippen LogP contribution in [0.25, 0.3) is 11.5 Å². The minimum atomic E-state index is -0.0392. The van der Waals surface area contributed by atoms with Crippen molar-refractivity contribution in [3.05, 3.63) is 42.0 Å². The summed E-state index contributed by atoms with van der Waals surface area (Å²) < 4.78 is 10.9. The van der Waals surface area contributed by atoms with Crippen molar-refractivity contribution in [3.63, 3.8) is 0 Å². The Hall–Kier alpha value is -3.27. The van der Waals surface area contributed by atoms with Crippen molar-refractivity contribution < 1.29 is 13.7 Å². The lowest BCUT2D eigenvalue weighted by molar-refractivity contribution is -0.125. The zero-order valence-electron chi connectivity index (χ0n) is 18.9. The fourth-order valence-corrected chi connectivity index (χ4v) is 3.97. The summed E-state index contributed by atoms with van der Waals surface area (Å²) in [5.41, 5.74) is 0.714. The SMILES string of the molecule is Cc1noc(-c2cnc(C)nc2N2CCC(C(=O)NCC(c3ccco3)N(C)C)CC2)n1. The van der Waals surface area contributed by atoms with Gasteiger partial charge in [0.1, 0.15) is 23.0 Å². The summed E-state index contributed by atoms with van der Waals surface area (Å²) in [6.45, 7) is 5.56. The standard InChI is InChI=1S/C22H29N7O3/c1-14-23-12-17(22-26-15(2)27-32-22)20(25-14)29-9-7-16(8-10-29)21(30)24-13-18(28(3)4)19-6-5-11-31-19/h5-6,11-12,16,18H,7-10,13H2,1-4H3,(H,24,30). The second-order valence-corrected chi connectivity index (χ2v) is 8.30. The van der Waals surface area contributed by atoms with Gasteiger partial charge in [-0.05, 0) is 52.9 Å². The molecule has 32 heavy (non-hydrogen) atoms. The molecule has 0 aromatic carbocycles. The number of aryl methyl sites for hydroxylation is 2. The Kier molecular flexibility index (Phi) is 6.50. The van der Waals surface area contributed by atoms with Crippen LogP contribution in [0.1, 0.15) is 36.3 Å². The van der Waals surface area contributed by atoms with Gasteiger partial charge in [-0.25, -0.2) is 9.97 Å². The zero-order chi connectivity index (χ0) is 22.7. The van der Waals surface area contributed by atoms with E-state index in [0.717, 1.165) is 24.4 Å². The average Bonchev–Trinajstić information content (AvgIpc) is 3.46. The molecule has 3 aromatic heterocycles. The van der Waals surface area contributed by atoms with E-state index in [2.05, 4.69) is 30.3 Å². The number of likely N-dealkylation sites (N-methyl/N-ethyl adjacent to an activating group) is 1. The summed E-state index contributed by atoms with van der Waals surface area (Å²) in [4.78, 5) is 30.3. The maximum atomic E-state index is 12.8. The van der Waals surface area contributed by atoms with Crippen LogP contribution >= 0.6 is 0 Å². The molecule has 0 aliphatic carbocycles. The molecule has 0 bridgehead atoms. The molecule has 10 heteroatoms. The number of piperidine rings is 1. The lowest BCUT2D eigenvalue weighted by Gasteiger charge is -2.33. The molecule has 1 fully saturated rings. The molecule has 1 amide bonds. The van der Waals surface area contributed by atoms with Crippen LogP contribution in [0.2, 0.25) is 0 Å². The number of hydrogen-bond donors (Lipinski definition) is 1. The molecule has 10 nitrogen and oxygen atoms in total. The highest BCUT2D eigenvalue weighted by molar-refractivity contribution is 5.79.